The maximum absolute atomic E-state index is 5.71. The molecular weight excluding hydrogens is 248 g/mol. The number of hydrogen-bond donors (Lipinski definition) is 1. The molecule has 0 saturated carbocycles. The Hall–Kier alpha value is -0.350. The van der Waals surface area contributed by atoms with Crippen molar-refractivity contribution in [2.45, 2.75) is 20.4 Å². The van der Waals surface area contributed by atoms with Gasteiger partial charge >= 0.3 is 0 Å². The van der Waals surface area contributed by atoms with Crippen molar-refractivity contribution in [3.8, 4) is 0 Å². The largest absolute Gasteiger partial charge is 0.387 e. The SMILES string of the molecule is CC(C)C(N)=NCc1ccc(Br)s1. The van der Waals surface area contributed by atoms with Gasteiger partial charge in [0, 0.05) is 10.8 Å². The summed E-state index contributed by atoms with van der Waals surface area (Å²) in [5.41, 5.74) is 5.71. The van der Waals surface area contributed by atoms with E-state index < -0.39 is 0 Å². The number of nitrogens with zero attached hydrogens (tertiary/aromatic N) is 1. The molecule has 0 spiro atoms. The Balaban J connectivity index is 2.56. The first-order valence-electron chi connectivity index (χ1n) is 4.13. The van der Waals surface area contributed by atoms with Gasteiger partial charge in [-0.05, 0) is 28.1 Å². The van der Waals surface area contributed by atoms with Crippen LogP contribution < -0.4 is 5.73 Å². The van der Waals surface area contributed by atoms with Crippen LogP contribution in [0.1, 0.15) is 18.7 Å². The van der Waals surface area contributed by atoms with Crippen molar-refractivity contribution in [2.24, 2.45) is 16.6 Å². The summed E-state index contributed by atoms with van der Waals surface area (Å²) >= 11 is 5.10. The summed E-state index contributed by atoms with van der Waals surface area (Å²) in [4.78, 5) is 5.52. The molecule has 1 aromatic rings. The van der Waals surface area contributed by atoms with Crippen LogP contribution >= 0.6 is 27.3 Å². The fourth-order valence-electron chi connectivity index (χ4n) is 0.789. The average molecular weight is 261 g/mol. The molecule has 4 heteroatoms. The monoisotopic (exact) mass is 260 g/mol. The third-order valence-electron chi connectivity index (χ3n) is 1.64. The van der Waals surface area contributed by atoms with E-state index in [9.17, 15) is 0 Å². The van der Waals surface area contributed by atoms with Gasteiger partial charge in [0.05, 0.1) is 16.2 Å². The Morgan fingerprint density at radius 3 is 2.77 bits per heavy atom. The van der Waals surface area contributed by atoms with E-state index in [1.54, 1.807) is 11.3 Å². The lowest BCUT2D eigenvalue weighted by Crippen LogP contribution is -2.18. The molecule has 0 saturated heterocycles. The second-order valence-corrected chi connectivity index (χ2v) is 5.65. The molecule has 0 aliphatic heterocycles. The molecule has 0 radical (unpaired) electrons. The number of nitrogens with two attached hydrogens (primary N) is 1. The lowest BCUT2D eigenvalue weighted by atomic mass is 10.2. The normalized spacial score (nSPS) is 12.5. The number of amidine groups is 1. The van der Waals surface area contributed by atoms with Crippen molar-refractivity contribution in [3.05, 3.63) is 20.8 Å². The molecule has 0 atom stereocenters. The van der Waals surface area contributed by atoms with Crippen molar-refractivity contribution in [2.75, 3.05) is 0 Å². The second kappa shape index (κ2) is 4.77. The molecular formula is C9H13BrN2S. The van der Waals surface area contributed by atoms with Gasteiger partial charge < -0.3 is 5.73 Å². The number of aliphatic imine (C=N–C) groups is 1. The molecule has 0 bridgehead atoms. The van der Waals surface area contributed by atoms with Crippen LogP contribution in [-0.2, 0) is 6.54 Å². The van der Waals surface area contributed by atoms with Crippen LogP contribution in [0.5, 0.6) is 0 Å². The van der Waals surface area contributed by atoms with Crippen molar-refractivity contribution in [3.63, 3.8) is 0 Å². The number of rotatable bonds is 3. The zero-order valence-corrected chi connectivity index (χ0v) is 10.2. The number of halogens is 1. The molecule has 1 rings (SSSR count). The fraction of sp³-hybridized carbons (Fsp3) is 0.444. The van der Waals surface area contributed by atoms with E-state index in [1.165, 1.54) is 4.88 Å². The van der Waals surface area contributed by atoms with E-state index in [4.69, 9.17) is 5.73 Å². The Kier molecular flexibility index (Phi) is 3.93. The van der Waals surface area contributed by atoms with Crippen LogP contribution in [0, 0.1) is 5.92 Å². The minimum absolute atomic E-state index is 0.336. The van der Waals surface area contributed by atoms with Crippen LogP contribution in [0.3, 0.4) is 0 Å². The summed E-state index contributed by atoms with van der Waals surface area (Å²) in [6, 6.07) is 4.09. The molecule has 0 fully saturated rings. The summed E-state index contributed by atoms with van der Waals surface area (Å²) in [5.74, 6) is 1.06. The first kappa shape index (κ1) is 10.7. The lowest BCUT2D eigenvalue weighted by Gasteiger charge is -2.02. The predicted octanol–water partition coefficient (Wildman–Crippen LogP) is 3.02. The van der Waals surface area contributed by atoms with E-state index in [0.29, 0.717) is 12.5 Å². The summed E-state index contributed by atoms with van der Waals surface area (Å²) in [5, 5.41) is 0. The Morgan fingerprint density at radius 2 is 2.31 bits per heavy atom. The first-order chi connectivity index (χ1) is 6.09. The van der Waals surface area contributed by atoms with Gasteiger partial charge in [-0.25, -0.2) is 0 Å². The van der Waals surface area contributed by atoms with Crippen LogP contribution in [0.15, 0.2) is 20.9 Å². The van der Waals surface area contributed by atoms with Crippen molar-refractivity contribution in [1.29, 1.82) is 0 Å². The second-order valence-electron chi connectivity index (χ2n) is 3.10. The Morgan fingerprint density at radius 1 is 1.62 bits per heavy atom. The molecule has 1 heterocycles. The molecule has 2 N–H and O–H groups in total. The van der Waals surface area contributed by atoms with Crippen LogP contribution in [0.2, 0.25) is 0 Å². The lowest BCUT2D eigenvalue weighted by molar-refractivity contribution is 0.857. The third kappa shape index (κ3) is 3.48. The summed E-state index contributed by atoms with van der Waals surface area (Å²) < 4.78 is 1.14. The molecule has 0 aliphatic carbocycles. The Bertz CT molecular complexity index is 304. The standard InChI is InChI=1S/C9H13BrN2S/c1-6(2)9(11)12-5-7-3-4-8(10)13-7/h3-4,6H,5H2,1-2H3,(H2,11,12). The van der Waals surface area contributed by atoms with Crippen molar-refractivity contribution in [1.82, 2.24) is 0 Å². The molecule has 1 aromatic heterocycles. The quantitative estimate of drug-likeness (QED) is 0.659. The van der Waals surface area contributed by atoms with E-state index in [-0.39, 0.29) is 0 Å². The minimum Gasteiger partial charge on any atom is -0.387 e. The maximum Gasteiger partial charge on any atom is 0.0967 e. The fourth-order valence-corrected chi connectivity index (χ4v) is 2.20. The zero-order valence-electron chi connectivity index (χ0n) is 7.75. The van der Waals surface area contributed by atoms with Crippen LogP contribution in [0.25, 0.3) is 0 Å². The van der Waals surface area contributed by atoms with Gasteiger partial charge in [0.2, 0.25) is 0 Å². The van der Waals surface area contributed by atoms with Gasteiger partial charge in [-0.3, -0.25) is 4.99 Å². The van der Waals surface area contributed by atoms with Crippen LogP contribution in [-0.4, -0.2) is 5.84 Å². The molecule has 72 valence electrons. The van der Waals surface area contributed by atoms with Gasteiger partial charge in [0.25, 0.3) is 0 Å². The minimum atomic E-state index is 0.336. The highest BCUT2D eigenvalue weighted by Gasteiger charge is 1.99. The molecule has 2 nitrogen and oxygen atoms in total. The highest BCUT2D eigenvalue weighted by molar-refractivity contribution is 9.11. The van der Waals surface area contributed by atoms with Crippen molar-refractivity contribution >= 4 is 33.1 Å². The van der Waals surface area contributed by atoms with Gasteiger partial charge in [-0.1, -0.05) is 13.8 Å². The average Bonchev–Trinajstić information content (AvgIpc) is 2.47. The van der Waals surface area contributed by atoms with Crippen LogP contribution in [0.4, 0.5) is 0 Å². The zero-order chi connectivity index (χ0) is 9.84. The molecule has 0 aromatic carbocycles. The summed E-state index contributed by atoms with van der Waals surface area (Å²) in [6.45, 7) is 4.78. The van der Waals surface area contributed by atoms with Gasteiger partial charge in [-0.2, -0.15) is 0 Å². The highest BCUT2D eigenvalue weighted by atomic mass is 79.9. The predicted molar refractivity (Wildman–Crippen MR) is 62.2 cm³/mol. The summed E-state index contributed by atoms with van der Waals surface area (Å²) in [6.07, 6.45) is 0. The third-order valence-corrected chi connectivity index (χ3v) is 3.25. The highest BCUT2D eigenvalue weighted by Crippen LogP contribution is 2.22. The van der Waals surface area contributed by atoms with Gasteiger partial charge in [-0.15, -0.1) is 11.3 Å². The molecule has 0 aliphatic rings. The van der Waals surface area contributed by atoms with Gasteiger partial charge in [0.15, 0.2) is 0 Å². The smallest absolute Gasteiger partial charge is 0.0967 e. The van der Waals surface area contributed by atoms with E-state index in [2.05, 4.69) is 27.0 Å². The molecule has 13 heavy (non-hydrogen) atoms. The van der Waals surface area contributed by atoms with E-state index in [0.717, 1.165) is 9.62 Å². The molecule has 0 unspecified atom stereocenters. The maximum atomic E-state index is 5.71. The van der Waals surface area contributed by atoms with Gasteiger partial charge in [0.1, 0.15) is 0 Å². The topological polar surface area (TPSA) is 38.4 Å². The number of thiophene rings is 1. The Labute approximate surface area is 91.0 Å². The van der Waals surface area contributed by atoms with E-state index >= 15 is 0 Å². The summed E-state index contributed by atoms with van der Waals surface area (Å²) in [7, 11) is 0. The van der Waals surface area contributed by atoms with E-state index in [1.807, 2.05) is 19.9 Å². The molecule has 0 amide bonds. The first-order valence-corrected chi connectivity index (χ1v) is 5.74. The number of hydrogen-bond acceptors (Lipinski definition) is 2. The van der Waals surface area contributed by atoms with Crippen molar-refractivity contribution < 1.29 is 0 Å².